The van der Waals surface area contributed by atoms with Crippen molar-refractivity contribution in [2.24, 2.45) is 0 Å². The summed E-state index contributed by atoms with van der Waals surface area (Å²) in [7, 11) is 0. The van der Waals surface area contributed by atoms with Gasteiger partial charge in [-0.3, -0.25) is 14.0 Å². The molecule has 100 valence electrons. The van der Waals surface area contributed by atoms with E-state index in [9.17, 15) is 9.59 Å². The molecule has 19 heavy (non-hydrogen) atoms. The lowest BCUT2D eigenvalue weighted by Crippen LogP contribution is -2.39. The van der Waals surface area contributed by atoms with Gasteiger partial charge in [0.15, 0.2) is 0 Å². The van der Waals surface area contributed by atoms with Gasteiger partial charge in [-0.05, 0) is 32.4 Å². The van der Waals surface area contributed by atoms with Crippen LogP contribution in [0.25, 0.3) is 5.65 Å². The second-order valence-electron chi connectivity index (χ2n) is 4.46. The van der Waals surface area contributed by atoms with Gasteiger partial charge < -0.3 is 10.4 Å². The monoisotopic (exact) mass is 261 g/mol. The summed E-state index contributed by atoms with van der Waals surface area (Å²) in [6, 6.07) is 2.78. The minimum Gasteiger partial charge on any atom is -0.480 e. The molecule has 2 aromatic heterocycles. The van der Waals surface area contributed by atoms with Crippen LogP contribution in [0.2, 0.25) is 0 Å². The average molecular weight is 261 g/mol. The fraction of sp³-hybridized carbons (Fsp3) is 0.308. The Kier molecular flexibility index (Phi) is 3.25. The van der Waals surface area contributed by atoms with E-state index in [4.69, 9.17) is 5.11 Å². The average Bonchev–Trinajstić information content (AvgIpc) is 2.66. The maximum absolute atomic E-state index is 12.1. The van der Waals surface area contributed by atoms with Gasteiger partial charge in [0.1, 0.15) is 17.4 Å². The molecule has 1 unspecified atom stereocenters. The maximum Gasteiger partial charge on any atom is 0.325 e. The standard InChI is InChI=1S/C13H15N3O3/c1-7-5-4-6-16-10(8(2)14-11(7)16)12(17)15-9(3)13(18)19/h4-6,9H,1-3H3,(H,15,17)(H,18,19). The van der Waals surface area contributed by atoms with Gasteiger partial charge in [-0.15, -0.1) is 0 Å². The molecule has 0 aliphatic carbocycles. The molecule has 0 fully saturated rings. The zero-order valence-electron chi connectivity index (χ0n) is 11.0. The Morgan fingerprint density at radius 2 is 2.11 bits per heavy atom. The number of carboxylic acids is 1. The topological polar surface area (TPSA) is 83.7 Å². The number of aliphatic carboxylic acids is 1. The Hall–Kier alpha value is -2.37. The predicted octanol–water partition coefficient (Wildman–Crippen LogP) is 1.15. The van der Waals surface area contributed by atoms with Gasteiger partial charge in [0.25, 0.3) is 5.91 Å². The molecule has 0 aliphatic rings. The van der Waals surface area contributed by atoms with Gasteiger partial charge in [-0.25, -0.2) is 4.98 Å². The maximum atomic E-state index is 12.1. The Morgan fingerprint density at radius 1 is 1.42 bits per heavy atom. The summed E-state index contributed by atoms with van der Waals surface area (Å²) in [5.74, 6) is -1.51. The SMILES string of the molecule is Cc1nc2c(C)cccn2c1C(=O)NC(C)C(=O)O. The number of carboxylic acid groups (broad SMARTS) is 1. The summed E-state index contributed by atoms with van der Waals surface area (Å²) in [5.41, 5.74) is 2.60. The van der Waals surface area contributed by atoms with E-state index < -0.39 is 17.9 Å². The van der Waals surface area contributed by atoms with E-state index in [2.05, 4.69) is 10.3 Å². The molecule has 0 radical (unpaired) electrons. The Bertz CT molecular complexity index is 660. The molecular weight excluding hydrogens is 246 g/mol. The summed E-state index contributed by atoms with van der Waals surface area (Å²) in [6.45, 7) is 5.06. The van der Waals surface area contributed by atoms with Crippen molar-refractivity contribution < 1.29 is 14.7 Å². The molecule has 1 atom stereocenters. The van der Waals surface area contributed by atoms with Crippen LogP contribution in [0.4, 0.5) is 0 Å². The number of pyridine rings is 1. The van der Waals surface area contributed by atoms with Crippen molar-refractivity contribution in [3.05, 3.63) is 35.3 Å². The molecule has 0 bridgehead atoms. The third-order valence-corrected chi connectivity index (χ3v) is 2.95. The van der Waals surface area contributed by atoms with E-state index in [1.807, 2.05) is 19.1 Å². The van der Waals surface area contributed by atoms with Crippen molar-refractivity contribution in [2.75, 3.05) is 0 Å². The molecule has 2 aromatic rings. The van der Waals surface area contributed by atoms with Crippen molar-refractivity contribution in [3.63, 3.8) is 0 Å². The van der Waals surface area contributed by atoms with Gasteiger partial charge in [-0.1, -0.05) is 6.07 Å². The number of hydrogen-bond acceptors (Lipinski definition) is 3. The van der Waals surface area contributed by atoms with Crippen molar-refractivity contribution in [1.29, 1.82) is 0 Å². The van der Waals surface area contributed by atoms with E-state index in [1.54, 1.807) is 17.5 Å². The fourth-order valence-electron chi connectivity index (χ4n) is 1.92. The zero-order chi connectivity index (χ0) is 14.2. The highest BCUT2D eigenvalue weighted by Crippen LogP contribution is 2.15. The van der Waals surface area contributed by atoms with Crippen LogP contribution in [0.1, 0.15) is 28.7 Å². The number of imidazole rings is 1. The van der Waals surface area contributed by atoms with Crippen molar-refractivity contribution in [2.45, 2.75) is 26.8 Å². The van der Waals surface area contributed by atoms with Gasteiger partial charge in [0, 0.05) is 6.20 Å². The Morgan fingerprint density at radius 3 is 2.74 bits per heavy atom. The summed E-state index contributed by atoms with van der Waals surface area (Å²) in [6.07, 6.45) is 1.74. The minimum atomic E-state index is -1.07. The first-order valence-electron chi connectivity index (χ1n) is 5.89. The zero-order valence-corrected chi connectivity index (χ0v) is 11.0. The number of carbonyl (C=O) groups excluding carboxylic acids is 1. The van der Waals surface area contributed by atoms with Gasteiger partial charge in [-0.2, -0.15) is 0 Å². The molecule has 0 aliphatic heterocycles. The third-order valence-electron chi connectivity index (χ3n) is 2.95. The van der Waals surface area contributed by atoms with Crippen LogP contribution in [0, 0.1) is 13.8 Å². The summed E-state index contributed by atoms with van der Waals surface area (Å²) in [4.78, 5) is 27.2. The number of rotatable bonds is 3. The van der Waals surface area contributed by atoms with E-state index in [-0.39, 0.29) is 0 Å². The second kappa shape index (κ2) is 4.72. The number of carbonyl (C=O) groups is 2. The molecule has 0 aromatic carbocycles. The van der Waals surface area contributed by atoms with Gasteiger partial charge in [0.05, 0.1) is 5.69 Å². The number of aryl methyl sites for hydroxylation is 2. The molecule has 2 rings (SSSR count). The molecular formula is C13H15N3O3. The molecule has 6 heteroatoms. The molecule has 1 amide bonds. The Balaban J connectivity index is 2.45. The second-order valence-corrected chi connectivity index (χ2v) is 4.46. The molecule has 0 spiro atoms. The van der Waals surface area contributed by atoms with Crippen molar-refractivity contribution in [1.82, 2.24) is 14.7 Å². The number of fused-ring (bicyclic) bond motifs is 1. The molecule has 2 heterocycles. The quantitative estimate of drug-likeness (QED) is 0.868. The van der Waals surface area contributed by atoms with Crippen LogP contribution >= 0.6 is 0 Å². The van der Waals surface area contributed by atoms with E-state index in [0.29, 0.717) is 17.0 Å². The van der Waals surface area contributed by atoms with E-state index >= 15 is 0 Å². The highest BCUT2D eigenvalue weighted by molar-refractivity contribution is 5.97. The van der Waals surface area contributed by atoms with Crippen molar-refractivity contribution >= 4 is 17.5 Å². The van der Waals surface area contributed by atoms with E-state index in [1.165, 1.54) is 6.92 Å². The molecule has 2 N–H and O–H groups in total. The van der Waals surface area contributed by atoms with Crippen LogP contribution in [-0.2, 0) is 4.79 Å². The van der Waals surface area contributed by atoms with Crippen LogP contribution in [-0.4, -0.2) is 32.4 Å². The number of aromatic nitrogens is 2. The summed E-state index contributed by atoms with van der Waals surface area (Å²) in [5, 5.41) is 11.3. The molecule has 0 saturated heterocycles. The molecule has 6 nitrogen and oxygen atoms in total. The highest BCUT2D eigenvalue weighted by Gasteiger charge is 2.21. The lowest BCUT2D eigenvalue weighted by Gasteiger charge is -2.09. The lowest BCUT2D eigenvalue weighted by atomic mass is 10.2. The van der Waals surface area contributed by atoms with Crippen LogP contribution in [0.5, 0.6) is 0 Å². The van der Waals surface area contributed by atoms with Crippen LogP contribution < -0.4 is 5.32 Å². The van der Waals surface area contributed by atoms with Crippen molar-refractivity contribution in [3.8, 4) is 0 Å². The lowest BCUT2D eigenvalue weighted by molar-refractivity contribution is -0.138. The largest absolute Gasteiger partial charge is 0.480 e. The smallest absolute Gasteiger partial charge is 0.325 e. The number of hydrogen-bond donors (Lipinski definition) is 2. The number of amides is 1. The Labute approximate surface area is 110 Å². The van der Waals surface area contributed by atoms with E-state index in [0.717, 1.165) is 5.56 Å². The minimum absolute atomic E-state index is 0.367. The first-order chi connectivity index (χ1) is 8.91. The first-order valence-corrected chi connectivity index (χ1v) is 5.89. The fourth-order valence-corrected chi connectivity index (χ4v) is 1.92. The van der Waals surface area contributed by atoms with Crippen LogP contribution in [0.3, 0.4) is 0 Å². The summed E-state index contributed by atoms with van der Waals surface area (Å²) < 4.78 is 1.68. The number of nitrogens with zero attached hydrogens (tertiary/aromatic N) is 2. The third kappa shape index (κ3) is 2.29. The predicted molar refractivity (Wildman–Crippen MR) is 69.2 cm³/mol. The number of nitrogens with one attached hydrogen (secondary N) is 1. The summed E-state index contributed by atoms with van der Waals surface area (Å²) >= 11 is 0. The van der Waals surface area contributed by atoms with Gasteiger partial charge in [0.2, 0.25) is 0 Å². The highest BCUT2D eigenvalue weighted by atomic mass is 16.4. The normalized spacial score (nSPS) is 12.4. The van der Waals surface area contributed by atoms with Crippen LogP contribution in [0.15, 0.2) is 18.3 Å². The first kappa shape index (κ1) is 13.1. The van der Waals surface area contributed by atoms with Gasteiger partial charge >= 0.3 is 5.97 Å². The molecule has 0 saturated carbocycles.